The van der Waals surface area contributed by atoms with Crippen molar-refractivity contribution < 1.29 is 0 Å². The Kier molecular flexibility index (Phi) is 3.36. The summed E-state index contributed by atoms with van der Waals surface area (Å²) in [4.78, 5) is 0. The minimum absolute atomic E-state index is 0.440. The summed E-state index contributed by atoms with van der Waals surface area (Å²) in [5.74, 6) is 6.11. The molecule has 20 heavy (non-hydrogen) atoms. The van der Waals surface area contributed by atoms with E-state index < -0.39 is 0 Å². The number of rotatable bonds is 2. The number of fused-ring (bicyclic) bond motifs is 1. The Morgan fingerprint density at radius 3 is 2.60 bits per heavy atom. The van der Waals surface area contributed by atoms with Gasteiger partial charge in [0.15, 0.2) is 5.11 Å². The van der Waals surface area contributed by atoms with Gasteiger partial charge in [0.2, 0.25) is 0 Å². The molecule has 0 aliphatic heterocycles. The molecule has 0 unspecified atom stereocenters. The van der Waals surface area contributed by atoms with Gasteiger partial charge in [-0.05, 0) is 67.4 Å². The lowest BCUT2D eigenvalue weighted by Crippen LogP contribution is -2.34. The number of benzene rings is 2. The van der Waals surface area contributed by atoms with Crippen molar-refractivity contribution in [1.29, 1.82) is 0 Å². The lowest BCUT2D eigenvalue weighted by Gasteiger charge is -2.17. The standard InChI is InChI=1S/C16H19N3S/c1-9-3-6-12-13(11-4-5-11)8-10(2)15(14(12)7-9)18-16(20)19-17/h3,6-8,11H,4-5,17H2,1-2H3,(H2,18,19,20). The van der Waals surface area contributed by atoms with Gasteiger partial charge in [-0.1, -0.05) is 23.8 Å². The van der Waals surface area contributed by atoms with E-state index in [1.807, 2.05) is 0 Å². The van der Waals surface area contributed by atoms with Crippen LogP contribution in [0.1, 0.15) is 35.4 Å². The first-order valence-corrected chi connectivity index (χ1v) is 7.32. The molecule has 1 saturated carbocycles. The van der Waals surface area contributed by atoms with Gasteiger partial charge in [0.1, 0.15) is 0 Å². The van der Waals surface area contributed by atoms with Crippen molar-refractivity contribution in [2.75, 3.05) is 5.32 Å². The molecule has 2 aromatic rings. The molecule has 0 radical (unpaired) electrons. The maximum Gasteiger partial charge on any atom is 0.185 e. The Bertz CT molecular complexity index is 690. The van der Waals surface area contributed by atoms with Crippen LogP contribution >= 0.6 is 12.2 Å². The molecule has 2 aromatic carbocycles. The second-order valence-electron chi connectivity index (χ2n) is 5.58. The molecule has 0 atom stereocenters. The second-order valence-corrected chi connectivity index (χ2v) is 5.99. The summed E-state index contributed by atoms with van der Waals surface area (Å²) in [6.07, 6.45) is 2.61. The van der Waals surface area contributed by atoms with Crippen LogP contribution in [0, 0.1) is 13.8 Å². The van der Waals surface area contributed by atoms with E-state index in [2.05, 4.69) is 48.9 Å². The Morgan fingerprint density at radius 2 is 1.95 bits per heavy atom. The molecular formula is C16H19N3S. The first-order valence-electron chi connectivity index (χ1n) is 6.91. The molecule has 1 aliphatic carbocycles. The van der Waals surface area contributed by atoms with Crippen molar-refractivity contribution >= 4 is 33.8 Å². The minimum atomic E-state index is 0.440. The van der Waals surface area contributed by atoms with E-state index in [0.717, 1.165) is 11.6 Å². The average Bonchev–Trinajstić information content (AvgIpc) is 3.25. The summed E-state index contributed by atoms with van der Waals surface area (Å²) in [7, 11) is 0. The normalized spacial score (nSPS) is 14.3. The van der Waals surface area contributed by atoms with E-state index in [1.165, 1.54) is 40.3 Å². The van der Waals surface area contributed by atoms with Gasteiger partial charge in [0.25, 0.3) is 0 Å². The third kappa shape index (κ3) is 2.37. The zero-order chi connectivity index (χ0) is 14.3. The Labute approximate surface area is 124 Å². The summed E-state index contributed by atoms with van der Waals surface area (Å²) >= 11 is 5.14. The van der Waals surface area contributed by atoms with Crippen molar-refractivity contribution in [2.24, 2.45) is 5.84 Å². The van der Waals surface area contributed by atoms with Gasteiger partial charge in [-0.25, -0.2) is 5.84 Å². The van der Waals surface area contributed by atoms with Crippen molar-refractivity contribution in [3.8, 4) is 0 Å². The van der Waals surface area contributed by atoms with Crippen molar-refractivity contribution in [3.05, 3.63) is 41.0 Å². The Hall–Kier alpha value is -1.65. The third-order valence-corrected chi connectivity index (χ3v) is 4.13. The molecule has 0 heterocycles. The van der Waals surface area contributed by atoms with Crippen LogP contribution in [0.15, 0.2) is 24.3 Å². The number of hydrogen-bond donors (Lipinski definition) is 3. The molecule has 1 fully saturated rings. The first kappa shape index (κ1) is 13.3. The van der Waals surface area contributed by atoms with Crippen molar-refractivity contribution in [1.82, 2.24) is 5.43 Å². The van der Waals surface area contributed by atoms with Crippen LogP contribution < -0.4 is 16.6 Å². The van der Waals surface area contributed by atoms with Crippen molar-refractivity contribution in [2.45, 2.75) is 32.6 Å². The van der Waals surface area contributed by atoms with Crippen LogP contribution in [0.5, 0.6) is 0 Å². The Balaban J connectivity index is 2.22. The quantitative estimate of drug-likeness (QED) is 0.449. The fourth-order valence-electron chi connectivity index (χ4n) is 2.76. The first-order chi connectivity index (χ1) is 9.60. The highest BCUT2D eigenvalue weighted by Gasteiger charge is 2.26. The van der Waals surface area contributed by atoms with E-state index in [9.17, 15) is 0 Å². The van der Waals surface area contributed by atoms with Gasteiger partial charge < -0.3 is 10.7 Å². The predicted molar refractivity (Wildman–Crippen MR) is 88.9 cm³/mol. The van der Waals surface area contributed by atoms with Gasteiger partial charge in [-0.15, -0.1) is 0 Å². The van der Waals surface area contributed by atoms with Crippen LogP contribution in [0.2, 0.25) is 0 Å². The highest BCUT2D eigenvalue weighted by Crippen LogP contribution is 2.45. The van der Waals surface area contributed by atoms with Crippen LogP contribution in [0.3, 0.4) is 0 Å². The van der Waals surface area contributed by atoms with Gasteiger partial charge >= 0.3 is 0 Å². The van der Waals surface area contributed by atoms with Gasteiger partial charge in [-0.2, -0.15) is 0 Å². The van der Waals surface area contributed by atoms with Gasteiger partial charge in [-0.3, -0.25) is 0 Å². The van der Waals surface area contributed by atoms with Crippen LogP contribution in [0.4, 0.5) is 5.69 Å². The number of nitrogens with two attached hydrogens (primary N) is 1. The maximum absolute atomic E-state index is 5.38. The number of thiocarbonyl (C=S) groups is 1. The second kappa shape index (κ2) is 5.04. The zero-order valence-electron chi connectivity index (χ0n) is 11.8. The molecule has 1 aliphatic rings. The fraction of sp³-hybridized carbons (Fsp3) is 0.312. The highest BCUT2D eigenvalue weighted by molar-refractivity contribution is 7.80. The summed E-state index contributed by atoms with van der Waals surface area (Å²) in [6.45, 7) is 4.23. The maximum atomic E-state index is 5.38. The van der Waals surface area contributed by atoms with E-state index >= 15 is 0 Å². The molecule has 3 nitrogen and oxygen atoms in total. The van der Waals surface area contributed by atoms with Crippen LogP contribution in [-0.4, -0.2) is 5.11 Å². The number of anilines is 1. The molecule has 0 saturated heterocycles. The number of nitrogens with one attached hydrogen (secondary N) is 2. The lowest BCUT2D eigenvalue weighted by molar-refractivity contribution is 1.04. The molecule has 0 spiro atoms. The van der Waals surface area contributed by atoms with Gasteiger partial charge in [0.05, 0.1) is 5.69 Å². The summed E-state index contributed by atoms with van der Waals surface area (Å²) < 4.78 is 0. The molecule has 0 aromatic heterocycles. The summed E-state index contributed by atoms with van der Waals surface area (Å²) in [5, 5.41) is 6.20. The van der Waals surface area contributed by atoms with Crippen LogP contribution in [-0.2, 0) is 0 Å². The minimum Gasteiger partial charge on any atom is -0.331 e. The number of aryl methyl sites for hydroxylation is 2. The average molecular weight is 285 g/mol. The molecule has 0 amide bonds. The van der Waals surface area contributed by atoms with E-state index in [4.69, 9.17) is 18.1 Å². The fourth-order valence-corrected chi connectivity index (χ4v) is 2.86. The van der Waals surface area contributed by atoms with E-state index in [0.29, 0.717) is 5.11 Å². The molecule has 3 rings (SSSR count). The topological polar surface area (TPSA) is 50.1 Å². The molecular weight excluding hydrogens is 266 g/mol. The van der Waals surface area contributed by atoms with Gasteiger partial charge in [0, 0.05) is 5.39 Å². The SMILES string of the molecule is Cc1ccc2c(C3CC3)cc(C)c(NC(=S)NN)c2c1. The highest BCUT2D eigenvalue weighted by atomic mass is 32.1. The van der Waals surface area contributed by atoms with Crippen LogP contribution in [0.25, 0.3) is 10.8 Å². The zero-order valence-corrected chi connectivity index (χ0v) is 12.6. The van der Waals surface area contributed by atoms with E-state index in [1.54, 1.807) is 0 Å². The monoisotopic (exact) mass is 285 g/mol. The summed E-state index contributed by atoms with van der Waals surface area (Å²) in [5.41, 5.74) is 7.47. The summed E-state index contributed by atoms with van der Waals surface area (Å²) in [6, 6.07) is 8.90. The van der Waals surface area contributed by atoms with E-state index in [-0.39, 0.29) is 0 Å². The third-order valence-electron chi connectivity index (χ3n) is 3.91. The molecule has 4 heteroatoms. The number of hydrogen-bond acceptors (Lipinski definition) is 2. The largest absolute Gasteiger partial charge is 0.331 e. The molecule has 104 valence electrons. The number of hydrazine groups is 1. The molecule has 0 bridgehead atoms. The smallest absolute Gasteiger partial charge is 0.185 e. The predicted octanol–water partition coefficient (Wildman–Crippen LogP) is 3.49. The molecule has 4 N–H and O–H groups in total. The lowest BCUT2D eigenvalue weighted by atomic mass is 9.95. The Morgan fingerprint density at radius 1 is 1.20 bits per heavy atom. The van der Waals surface area contributed by atoms with Crippen molar-refractivity contribution in [3.63, 3.8) is 0 Å².